The number of nitrogens with zero attached hydrogens (tertiary/aromatic N) is 2. The summed E-state index contributed by atoms with van der Waals surface area (Å²) in [5, 5.41) is 4.03. The summed E-state index contributed by atoms with van der Waals surface area (Å²) in [4.78, 5) is 8.72. The van der Waals surface area contributed by atoms with E-state index in [-0.39, 0.29) is 11.1 Å². The van der Waals surface area contributed by atoms with Crippen LogP contribution in [-0.4, -0.2) is 23.2 Å². The zero-order chi connectivity index (χ0) is 21.1. The fourth-order valence-corrected chi connectivity index (χ4v) is 4.14. The van der Waals surface area contributed by atoms with E-state index in [1.165, 1.54) is 37.7 Å². The van der Waals surface area contributed by atoms with Crippen LogP contribution in [0.4, 0.5) is 15.9 Å². The van der Waals surface area contributed by atoms with Gasteiger partial charge in [0.2, 0.25) is 0 Å². The zero-order valence-corrected chi connectivity index (χ0v) is 17.9. The van der Waals surface area contributed by atoms with Gasteiger partial charge in [0.05, 0.1) is 23.8 Å². The van der Waals surface area contributed by atoms with Gasteiger partial charge >= 0.3 is 0 Å². The largest absolute Gasteiger partial charge is 0.493 e. The number of rotatable bonds is 6. The van der Waals surface area contributed by atoms with Gasteiger partial charge in [-0.05, 0) is 55.9 Å². The van der Waals surface area contributed by atoms with E-state index in [1.54, 1.807) is 13.2 Å². The number of hydrogen-bond donors (Lipinski definition) is 1. The van der Waals surface area contributed by atoms with Crippen molar-refractivity contribution in [3.8, 4) is 11.5 Å². The molecule has 1 saturated carbocycles. The van der Waals surface area contributed by atoms with Gasteiger partial charge in [-0.2, -0.15) is 0 Å². The Morgan fingerprint density at radius 1 is 1.10 bits per heavy atom. The highest BCUT2D eigenvalue weighted by molar-refractivity contribution is 6.31. The molecule has 5 nitrogen and oxygen atoms in total. The molecule has 30 heavy (non-hydrogen) atoms. The van der Waals surface area contributed by atoms with Gasteiger partial charge in [-0.3, -0.25) is 0 Å². The predicted octanol–water partition coefficient (Wildman–Crippen LogP) is 6.52. The third-order valence-corrected chi connectivity index (χ3v) is 6.06. The van der Waals surface area contributed by atoms with Crippen molar-refractivity contribution in [1.82, 2.24) is 9.97 Å². The third-order valence-electron chi connectivity index (χ3n) is 5.77. The molecule has 2 aromatic carbocycles. The molecule has 1 heterocycles. The molecule has 0 amide bonds. The molecule has 1 aromatic heterocycles. The van der Waals surface area contributed by atoms with E-state index in [0.717, 1.165) is 29.7 Å². The molecule has 0 radical (unpaired) electrons. The van der Waals surface area contributed by atoms with Gasteiger partial charge in [0.25, 0.3) is 0 Å². The molecule has 0 unspecified atom stereocenters. The molecule has 7 heteroatoms. The van der Waals surface area contributed by atoms with Crippen molar-refractivity contribution in [2.45, 2.75) is 45.1 Å². The molecule has 1 fully saturated rings. The standard InChI is InChI=1S/C23H25ClFN3O2/c1-3-14-4-7-16(8-5-14)30-22-11-17-20(12-21(22)29-2)26-13-27-23(17)28-15-6-9-19(25)18(24)10-15/h6,9-14,16H,3-5,7-8H2,1-2H3,(H,26,27,28)/t14-,16+. The SMILES string of the molecule is CC[C@H]1CC[C@@H](Oc2cc3c(Nc4ccc(F)c(Cl)c4)ncnc3cc2OC)CC1. The molecule has 0 bridgehead atoms. The number of benzene rings is 2. The highest BCUT2D eigenvalue weighted by Gasteiger charge is 2.23. The van der Waals surface area contributed by atoms with Crippen molar-refractivity contribution in [2.75, 3.05) is 12.4 Å². The van der Waals surface area contributed by atoms with E-state index < -0.39 is 5.82 Å². The van der Waals surface area contributed by atoms with Crippen molar-refractivity contribution in [2.24, 2.45) is 5.92 Å². The minimum absolute atomic E-state index is 0.0479. The van der Waals surface area contributed by atoms with Gasteiger partial charge in [-0.25, -0.2) is 14.4 Å². The molecular weight excluding hydrogens is 405 g/mol. The number of nitrogens with one attached hydrogen (secondary N) is 1. The summed E-state index contributed by atoms with van der Waals surface area (Å²) in [5.41, 5.74) is 1.36. The normalized spacial score (nSPS) is 18.9. The summed E-state index contributed by atoms with van der Waals surface area (Å²) in [6, 6.07) is 8.22. The summed E-state index contributed by atoms with van der Waals surface area (Å²) in [5.74, 6) is 2.25. The van der Waals surface area contributed by atoms with Crippen LogP contribution >= 0.6 is 11.6 Å². The van der Waals surface area contributed by atoms with E-state index in [2.05, 4.69) is 22.2 Å². The number of methoxy groups -OCH3 is 1. The van der Waals surface area contributed by atoms with E-state index in [9.17, 15) is 4.39 Å². The molecule has 1 aliphatic rings. The van der Waals surface area contributed by atoms with Crippen molar-refractivity contribution in [3.05, 3.63) is 47.5 Å². The summed E-state index contributed by atoms with van der Waals surface area (Å²) in [6.45, 7) is 2.25. The fraction of sp³-hybridized carbons (Fsp3) is 0.391. The lowest BCUT2D eigenvalue weighted by atomic mass is 9.86. The van der Waals surface area contributed by atoms with E-state index in [4.69, 9.17) is 21.1 Å². The van der Waals surface area contributed by atoms with Crippen LogP contribution in [0.3, 0.4) is 0 Å². The molecule has 0 aliphatic heterocycles. The Morgan fingerprint density at radius 2 is 1.90 bits per heavy atom. The second kappa shape index (κ2) is 9.04. The lowest BCUT2D eigenvalue weighted by Crippen LogP contribution is -2.24. The number of ether oxygens (including phenoxy) is 2. The van der Waals surface area contributed by atoms with Gasteiger partial charge in [-0.1, -0.05) is 24.9 Å². The first kappa shape index (κ1) is 20.7. The Hall–Kier alpha value is -2.60. The van der Waals surface area contributed by atoms with E-state index >= 15 is 0 Å². The van der Waals surface area contributed by atoms with E-state index in [0.29, 0.717) is 23.0 Å². The first-order chi connectivity index (χ1) is 14.6. The number of anilines is 2. The molecule has 0 atom stereocenters. The summed E-state index contributed by atoms with van der Waals surface area (Å²) in [6.07, 6.45) is 7.36. The van der Waals surface area contributed by atoms with Crippen molar-refractivity contribution in [1.29, 1.82) is 0 Å². The van der Waals surface area contributed by atoms with Crippen LogP contribution in [0, 0.1) is 11.7 Å². The molecule has 3 aromatic rings. The lowest BCUT2D eigenvalue weighted by molar-refractivity contribution is 0.126. The topological polar surface area (TPSA) is 56.3 Å². The minimum Gasteiger partial charge on any atom is -0.493 e. The number of aromatic nitrogens is 2. The van der Waals surface area contributed by atoms with Crippen LogP contribution in [0.25, 0.3) is 10.9 Å². The predicted molar refractivity (Wildman–Crippen MR) is 117 cm³/mol. The van der Waals surface area contributed by atoms with Crippen LogP contribution in [0.5, 0.6) is 11.5 Å². The molecule has 4 rings (SSSR count). The average Bonchev–Trinajstić information content (AvgIpc) is 2.77. The Bertz CT molecular complexity index is 1040. The van der Waals surface area contributed by atoms with Crippen molar-refractivity contribution < 1.29 is 13.9 Å². The molecule has 0 saturated heterocycles. The van der Waals surface area contributed by atoms with Crippen LogP contribution in [-0.2, 0) is 0 Å². The number of halogens is 2. The number of fused-ring (bicyclic) bond motifs is 1. The highest BCUT2D eigenvalue weighted by Crippen LogP contribution is 2.38. The van der Waals surface area contributed by atoms with Crippen LogP contribution in [0.2, 0.25) is 5.02 Å². The quantitative estimate of drug-likeness (QED) is 0.483. The van der Waals surface area contributed by atoms with Crippen molar-refractivity contribution in [3.63, 3.8) is 0 Å². The van der Waals surface area contributed by atoms with E-state index in [1.807, 2.05) is 12.1 Å². The van der Waals surface area contributed by atoms with Crippen LogP contribution in [0.1, 0.15) is 39.0 Å². The molecule has 1 aliphatic carbocycles. The second-order valence-electron chi connectivity index (χ2n) is 7.67. The molecule has 0 spiro atoms. The monoisotopic (exact) mass is 429 g/mol. The maximum atomic E-state index is 13.5. The lowest BCUT2D eigenvalue weighted by Gasteiger charge is -2.28. The Labute approximate surface area is 180 Å². The smallest absolute Gasteiger partial charge is 0.162 e. The van der Waals surface area contributed by atoms with Gasteiger partial charge < -0.3 is 14.8 Å². The maximum absolute atomic E-state index is 13.5. The van der Waals surface area contributed by atoms with Crippen LogP contribution < -0.4 is 14.8 Å². The maximum Gasteiger partial charge on any atom is 0.162 e. The Morgan fingerprint density at radius 3 is 2.60 bits per heavy atom. The van der Waals surface area contributed by atoms with Gasteiger partial charge in [0, 0.05) is 17.1 Å². The van der Waals surface area contributed by atoms with Gasteiger partial charge in [0.15, 0.2) is 11.5 Å². The van der Waals surface area contributed by atoms with Crippen molar-refractivity contribution >= 4 is 34.0 Å². The van der Waals surface area contributed by atoms with Gasteiger partial charge in [0.1, 0.15) is 18.0 Å². The van der Waals surface area contributed by atoms with Crippen LogP contribution in [0.15, 0.2) is 36.7 Å². The first-order valence-electron chi connectivity index (χ1n) is 10.3. The Balaban J connectivity index is 1.64. The third kappa shape index (κ3) is 4.43. The van der Waals surface area contributed by atoms with Gasteiger partial charge in [-0.15, -0.1) is 0 Å². The molecular formula is C23H25ClFN3O2. The molecule has 1 N–H and O–H groups in total. The molecule has 158 valence electrons. The fourth-order valence-electron chi connectivity index (χ4n) is 3.96. The summed E-state index contributed by atoms with van der Waals surface area (Å²) >= 11 is 5.91. The first-order valence-corrected chi connectivity index (χ1v) is 10.7. The Kier molecular flexibility index (Phi) is 6.23. The second-order valence-corrected chi connectivity index (χ2v) is 8.07. The number of hydrogen-bond acceptors (Lipinski definition) is 5. The summed E-state index contributed by atoms with van der Waals surface area (Å²) in [7, 11) is 1.63. The summed E-state index contributed by atoms with van der Waals surface area (Å²) < 4.78 is 25.4. The highest BCUT2D eigenvalue weighted by atomic mass is 35.5. The zero-order valence-electron chi connectivity index (χ0n) is 17.1. The minimum atomic E-state index is -0.465. The average molecular weight is 430 g/mol.